The van der Waals surface area contributed by atoms with Crippen LogP contribution in [0.15, 0.2) is 0 Å². The van der Waals surface area contributed by atoms with Gasteiger partial charge in [-0.3, -0.25) is 0 Å². The van der Waals surface area contributed by atoms with Crippen molar-refractivity contribution in [2.24, 2.45) is 11.3 Å². The minimum absolute atomic E-state index is 0. The van der Waals surface area contributed by atoms with E-state index in [-0.39, 0.29) is 26.8 Å². The molecule has 0 aromatic carbocycles. The van der Waals surface area contributed by atoms with Gasteiger partial charge in [0, 0.05) is 0 Å². The maximum atomic E-state index is 10.0. The minimum atomic E-state index is 0. The van der Waals surface area contributed by atoms with Crippen LogP contribution in [0.5, 0.6) is 0 Å². The van der Waals surface area contributed by atoms with Gasteiger partial charge in [0.25, 0.3) is 0 Å². The van der Waals surface area contributed by atoms with Crippen molar-refractivity contribution in [3.8, 4) is 0 Å². The van der Waals surface area contributed by atoms with E-state index in [1.54, 1.807) is 6.92 Å². The molecule has 0 N–H and O–H groups in total. The maximum Gasteiger partial charge on any atom is 2.00 e. The average molecular weight is 409 g/mol. The van der Waals surface area contributed by atoms with Crippen molar-refractivity contribution in [3.63, 3.8) is 0 Å². The molecule has 1 aliphatic rings. The zero-order valence-corrected chi connectivity index (χ0v) is 14.7. The van der Waals surface area contributed by atoms with E-state index in [1.807, 2.05) is 0 Å². The van der Waals surface area contributed by atoms with E-state index in [4.69, 9.17) is 0 Å². The number of hydrogen-bond donors (Lipinski definition) is 0. The van der Waals surface area contributed by atoms with Crippen molar-refractivity contribution < 1.29 is 25.9 Å². The molecule has 17 heavy (non-hydrogen) atoms. The topological polar surface area (TPSA) is 20.3 Å². The zero-order chi connectivity index (χ0) is 12.8. The number of carbonyl (C=O) groups is 1. The molecule has 0 saturated carbocycles. The van der Waals surface area contributed by atoms with Crippen molar-refractivity contribution >= 4 is 5.78 Å². The number of nitrogens with zero attached hydrogens (tertiary/aromatic N) is 1. The van der Waals surface area contributed by atoms with Crippen LogP contribution in [0.3, 0.4) is 0 Å². The van der Waals surface area contributed by atoms with Crippen molar-refractivity contribution in [2.75, 3.05) is 19.6 Å². The summed E-state index contributed by atoms with van der Waals surface area (Å²) in [5, 5.41) is 0. The van der Waals surface area contributed by atoms with Gasteiger partial charge in [-0.2, -0.15) is 6.42 Å². The molecule has 1 fully saturated rings. The Balaban J connectivity index is 0. The summed E-state index contributed by atoms with van der Waals surface area (Å²) < 4.78 is 0. The molecule has 1 aliphatic heterocycles. The van der Waals surface area contributed by atoms with E-state index >= 15 is 0 Å². The van der Waals surface area contributed by atoms with Crippen LogP contribution in [0.2, 0.25) is 0 Å². The van der Waals surface area contributed by atoms with Gasteiger partial charge in [0.1, 0.15) is 5.78 Å². The Bertz CT molecular complexity index is 205. The first-order valence-corrected chi connectivity index (χ1v) is 6.11. The van der Waals surface area contributed by atoms with Crippen LogP contribution in [0.4, 0.5) is 0 Å². The van der Waals surface area contributed by atoms with E-state index in [2.05, 4.69) is 39.5 Å². The van der Waals surface area contributed by atoms with Crippen LogP contribution in [-0.4, -0.2) is 30.3 Å². The third-order valence-electron chi connectivity index (χ3n) is 3.03. The number of likely N-dealkylation sites (tertiary alicyclic amines) is 1. The van der Waals surface area contributed by atoms with Gasteiger partial charge in [-0.05, 0) is 37.8 Å². The van der Waals surface area contributed by atoms with Gasteiger partial charge in [-0.25, -0.2) is 0 Å². The number of rotatable bonds is 3. The Morgan fingerprint density at radius 3 is 1.94 bits per heavy atom. The first-order valence-electron chi connectivity index (χ1n) is 6.11. The molecule has 0 bridgehead atoms. The second-order valence-corrected chi connectivity index (χ2v) is 5.63. The summed E-state index contributed by atoms with van der Waals surface area (Å²) in [6, 6.07) is 0. The molecule has 0 aromatic heterocycles. The van der Waals surface area contributed by atoms with E-state index in [0.717, 1.165) is 18.9 Å². The molecule has 3 heteroatoms. The molecule has 0 atom stereocenters. The van der Waals surface area contributed by atoms with Crippen LogP contribution in [-0.2, 0) is 25.9 Å². The monoisotopic (exact) mass is 409 g/mol. The molecule has 1 saturated heterocycles. The second-order valence-electron chi connectivity index (χ2n) is 5.63. The Morgan fingerprint density at radius 2 is 1.76 bits per heavy atom. The van der Waals surface area contributed by atoms with Gasteiger partial charge in [0.15, 0.2) is 0 Å². The number of carbonyl (C=O) groups excluding carboxylic acids is 1. The zero-order valence-electron chi connectivity index (χ0n) is 11.8. The van der Waals surface area contributed by atoms with Gasteiger partial charge in [0.2, 0.25) is 0 Å². The molecule has 0 unspecified atom stereocenters. The molecular formula is C14H27NOW. The fourth-order valence-corrected chi connectivity index (χ4v) is 1.55. The fourth-order valence-electron chi connectivity index (χ4n) is 1.55. The molecule has 2 nitrogen and oxygen atoms in total. The standard InChI is InChI=1S/C9H18N.C5H9O.W/c1-5-10-6-8(7-10)9(2,3)4;1-3-4-5(2)6;/h8H,1,5-7H2,2-4H3;1,3-4H2,2H3;/q2*-1;+2. The van der Waals surface area contributed by atoms with Gasteiger partial charge in [-0.1, -0.05) is 20.8 Å². The van der Waals surface area contributed by atoms with Gasteiger partial charge in [0.05, 0.1) is 0 Å². The Hall–Kier alpha value is 0.318. The molecule has 0 spiro atoms. The van der Waals surface area contributed by atoms with Gasteiger partial charge in [-0.15, -0.1) is 6.54 Å². The summed E-state index contributed by atoms with van der Waals surface area (Å²) in [7, 11) is 0. The van der Waals surface area contributed by atoms with Gasteiger partial charge >= 0.3 is 21.1 Å². The van der Waals surface area contributed by atoms with Crippen LogP contribution in [0.25, 0.3) is 0 Å². The number of ketones is 1. The molecule has 1 heterocycles. The quantitative estimate of drug-likeness (QED) is 0.669. The fraction of sp³-hybridized carbons (Fsp3) is 0.786. The summed E-state index contributed by atoms with van der Waals surface area (Å²) in [5.74, 6) is 1.12. The molecular weight excluding hydrogens is 382 g/mol. The molecule has 0 aliphatic carbocycles. The van der Waals surface area contributed by atoms with E-state index in [1.165, 1.54) is 13.1 Å². The van der Waals surface area contributed by atoms with E-state index in [0.29, 0.717) is 11.8 Å². The van der Waals surface area contributed by atoms with Gasteiger partial charge < -0.3 is 23.5 Å². The molecule has 0 aromatic rings. The third-order valence-corrected chi connectivity index (χ3v) is 3.03. The number of hydrogen-bond acceptors (Lipinski definition) is 2. The Labute approximate surface area is 122 Å². The van der Waals surface area contributed by atoms with E-state index in [9.17, 15) is 4.79 Å². The molecule has 1 rings (SSSR count). The first kappa shape index (κ1) is 19.7. The summed E-state index contributed by atoms with van der Waals surface area (Å²) >= 11 is 0. The summed E-state index contributed by atoms with van der Waals surface area (Å²) in [6.07, 6.45) is 1.36. The van der Waals surface area contributed by atoms with Crippen molar-refractivity contribution in [1.29, 1.82) is 0 Å². The average Bonchev–Trinajstić information content (AvgIpc) is 1.99. The van der Waals surface area contributed by atoms with Crippen molar-refractivity contribution in [3.05, 3.63) is 13.8 Å². The first-order chi connectivity index (χ1) is 7.31. The predicted molar refractivity (Wildman–Crippen MR) is 70.0 cm³/mol. The van der Waals surface area contributed by atoms with Crippen molar-refractivity contribution in [2.45, 2.75) is 40.5 Å². The summed E-state index contributed by atoms with van der Waals surface area (Å²) in [5.41, 5.74) is 0.506. The van der Waals surface area contributed by atoms with Crippen LogP contribution >= 0.6 is 0 Å². The normalized spacial score (nSPS) is 16.4. The summed E-state index contributed by atoms with van der Waals surface area (Å²) in [4.78, 5) is 12.4. The predicted octanol–water partition coefficient (Wildman–Crippen LogP) is 2.99. The van der Waals surface area contributed by atoms with Crippen LogP contribution < -0.4 is 0 Å². The third kappa shape index (κ3) is 8.96. The molecule has 100 valence electrons. The smallest absolute Gasteiger partial charge is 0.343 e. The number of Topliss-reactive ketones (excluding diaryl/α,β-unsaturated/α-hetero) is 1. The minimum Gasteiger partial charge on any atom is -0.343 e. The Kier molecular flexibility index (Phi) is 10.7. The molecule has 0 amide bonds. The molecule has 0 radical (unpaired) electrons. The van der Waals surface area contributed by atoms with Crippen molar-refractivity contribution in [1.82, 2.24) is 4.90 Å². The van der Waals surface area contributed by atoms with E-state index < -0.39 is 0 Å². The SMILES string of the molecule is [CH2-]CCC(C)=O.[CH2-]CN1CC(C(C)(C)C)C1.[W+2]. The Morgan fingerprint density at radius 1 is 1.29 bits per heavy atom. The van der Waals surface area contributed by atoms with Crippen LogP contribution in [0, 0.1) is 25.2 Å². The largest absolute Gasteiger partial charge is 2.00 e. The second kappa shape index (κ2) is 9.28. The summed E-state index contributed by atoms with van der Waals surface area (Å²) in [6.45, 7) is 19.4. The van der Waals surface area contributed by atoms with Crippen LogP contribution in [0.1, 0.15) is 40.5 Å². The maximum absolute atomic E-state index is 10.0.